The van der Waals surface area contributed by atoms with E-state index in [1.54, 1.807) is 0 Å². The highest BCUT2D eigenvalue weighted by Gasteiger charge is 2.69. The Labute approximate surface area is 98.9 Å². The van der Waals surface area contributed by atoms with Gasteiger partial charge in [0.25, 0.3) is 5.67 Å². The average molecular weight is 311 g/mol. The molecular weight excluding hydrogens is 304 g/mol. The summed E-state index contributed by atoms with van der Waals surface area (Å²) in [7, 11) is 0. The van der Waals surface area contributed by atoms with E-state index < -0.39 is 41.8 Å². The van der Waals surface area contributed by atoms with Crippen LogP contribution in [0.5, 0.6) is 0 Å². The van der Waals surface area contributed by atoms with Crippen LogP contribution in [0.2, 0.25) is 0 Å². The van der Waals surface area contributed by atoms with Gasteiger partial charge in [-0.3, -0.25) is 0 Å². The molecule has 0 radical (unpaired) electrons. The Morgan fingerprint density at radius 3 is 1.42 bits per heavy atom. The average Bonchev–Trinajstić information content (AvgIpc) is 2.11. The van der Waals surface area contributed by atoms with E-state index in [-0.39, 0.29) is 6.92 Å². The molecule has 0 aromatic carbocycles. The molecule has 2 N–H and O–H groups in total. The number of hydrogen-bond donors (Lipinski definition) is 2. The summed E-state index contributed by atoms with van der Waals surface area (Å²) < 4.78 is 122. The molecule has 3 unspecified atom stereocenters. The van der Waals surface area contributed by atoms with Crippen molar-refractivity contribution in [3.63, 3.8) is 0 Å². The fourth-order valence-electron chi connectivity index (χ4n) is 0.938. The Balaban J connectivity index is 5.34. The number of aliphatic hydroxyl groups is 1. The zero-order valence-corrected chi connectivity index (χ0v) is 8.88. The minimum Gasteiger partial charge on any atom is -0.390 e. The second-order valence-corrected chi connectivity index (χ2v) is 3.52. The number of hydrogen-bond acceptors (Lipinski definition) is 2. The highest BCUT2D eigenvalue weighted by atomic mass is 19.4. The van der Waals surface area contributed by atoms with Crippen molar-refractivity contribution in [3.05, 3.63) is 0 Å². The fraction of sp³-hybridized carbons (Fsp3) is 1.00. The molecule has 0 heterocycles. The van der Waals surface area contributed by atoms with Gasteiger partial charge in [0.1, 0.15) is 0 Å². The maximum Gasteiger partial charge on any atom is 0.469 e. The van der Waals surface area contributed by atoms with Crippen molar-refractivity contribution in [1.82, 2.24) is 5.32 Å². The van der Waals surface area contributed by atoms with E-state index in [0.717, 1.165) is 0 Å². The molecule has 0 aromatic rings. The normalized spacial score (nSPS) is 20.8. The van der Waals surface area contributed by atoms with Gasteiger partial charge in [0, 0.05) is 0 Å². The van der Waals surface area contributed by atoms with Gasteiger partial charge in [-0.05, 0) is 6.92 Å². The Hall–Kier alpha value is -0.780. The van der Waals surface area contributed by atoms with Gasteiger partial charge >= 0.3 is 18.4 Å². The smallest absolute Gasteiger partial charge is 0.390 e. The Morgan fingerprint density at radius 2 is 1.21 bits per heavy atom. The number of alkyl halides is 10. The van der Waals surface area contributed by atoms with Crippen LogP contribution in [0.25, 0.3) is 0 Å². The topological polar surface area (TPSA) is 32.3 Å². The van der Waals surface area contributed by atoms with Crippen LogP contribution < -0.4 is 5.32 Å². The fourth-order valence-corrected chi connectivity index (χ4v) is 0.938. The molecule has 0 spiro atoms. The number of aliphatic hydroxyl groups excluding tert-OH is 1. The first-order chi connectivity index (χ1) is 8.07. The molecule has 0 rings (SSSR count). The standard InChI is InChI=1S/C7H7F10NO/c1-2(19)4(9,5(10,11)12)3(8)18-7(16,17)6(13,14)15/h2-3,18-19H,1H3. The van der Waals surface area contributed by atoms with E-state index >= 15 is 0 Å². The molecule has 0 saturated carbocycles. The molecule has 19 heavy (non-hydrogen) atoms. The minimum atomic E-state index is -6.44. The van der Waals surface area contributed by atoms with Crippen LogP contribution in [0.15, 0.2) is 0 Å². The van der Waals surface area contributed by atoms with E-state index in [0.29, 0.717) is 0 Å². The summed E-state index contributed by atoms with van der Waals surface area (Å²) >= 11 is 0. The number of rotatable bonds is 4. The van der Waals surface area contributed by atoms with Crippen molar-refractivity contribution >= 4 is 0 Å². The first kappa shape index (κ1) is 18.2. The number of nitrogens with one attached hydrogen (secondary N) is 1. The summed E-state index contributed by atoms with van der Waals surface area (Å²) in [6.07, 6.45) is -20.4. The first-order valence-corrected chi connectivity index (χ1v) is 4.37. The second-order valence-electron chi connectivity index (χ2n) is 3.52. The van der Waals surface area contributed by atoms with Gasteiger partial charge in [0.2, 0.25) is 6.30 Å². The second kappa shape index (κ2) is 4.96. The van der Waals surface area contributed by atoms with E-state index in [9.17, 15) is 43.9 Å². The third-order valence-electron chi connectivity index (χ3n) is 2.08. The Bertz CT molecular complexity index is 310. The van der Waals surface area contributed by atoms with Crippen molar-refractivity contribution in [2.24, 2.45) is 0 Å². The van der Waals surface area contributed by atoms with Crippen molar-refractivity contribution in [2.75, 3.05) is 0 Å². The molecular formula is C7H7F10NO. The Kier molecular flexibility index (Phi) is 4.76. The molecule has 0 aliphatic heterocycles. The van der Waals surface area contributed by atoms with Gasteiger partial charge in [0.15, 0.2) is 0 Å². The van der Waals surface area contributed by atoms with Crippen molar-refractivity contribution in [2.45, 2.75) is 43.4 Å². The highest BCUT2D eigenvalue weighted by molar-refractivity contribution is 4.99. The van der Waals surface area contributed by atoms with E-state index in [1.807, 2.05) is 0 Å². The summed E-state index contributed by atoms with van der Waals surface area (Å²) in [5.74, 6) is 0. The van der Waals surface area contributed by atoms with Gasteiger partial charge in [-0.15, -0.1) is 0 Å². The molecule has 2 nitrogen and oxygen atoms in total. The van der Waals surface area contributed by atoms with Crippen LogP contribution in [0.4, 0.5) is 43.9 Å². The maximum atomic E-state index is 13.2. The van der Waals surface area contributed by atoms with Crippen LogP contribution in [-0.4, -0.2) is 41.6 Å². The lowest BCUT2D eigenvalue weighted by atomic mass is 9.97. The lowest BCUT2D eigenvalue weighted by Gasteiger charge is -2.35. The zero-order valence-electron chi connectivity index (χ0n) is 8.88. The quantitative estimate of drug-likeness (QED) is 0.618. The third-order valence-corrected chi connectivity index (χ3v) is 2.08. The maximum absolute atomic E-state index is 13.2. The van der Waals surface area contributed by atoms with E-state index in [2.05, 4.69) is 0 Å². The summed E-state index contributed by atoms with van der Waals surface area (Å²) in [6, 6.07) is -6.11. The summed E-state index contributed by atoms with van der Waals surface area (Å²) in [5, 5.41) is 8.02. The minimum absolute atomic E-state index is 0.0491. The van der Waals surface area contributed by atoms with Crippen LogP contribution in [0.3, 0.4) is 0 Å². The van der Waals surface area contributed by atoms with Gasteiger partial charge in [-0.1, -0.05) is 0 Å². The molecule has 12 heteroatoms. The Morgan fingerprint density at radius 1 is 0.842 bits per heavy atom. The van der Waals surface area contributed by atoms with Gasteiger partial charge in [0.05, 0.1) is 6.10 Å². The highest BCUT2D eigenvalue weighted by Crippen LogP contribution is 2.42. The molecule has 0 aliphatic rings. The summed E-state index contributed by atoms with van der Waals surface area (Å²) in [5.41, 5.74) is -5.33. The van der Waals surface area contributed by atoms with Crippen LogP contribution >= 0.6 is 0 Å². The van der Waals surface area contributed by atoms with E-state index in [1.165, 1.54) is 0 Å². The molecule has 3 atom stereocenters. The van der Waals surface area contributed by atoms with Gasteiger partial charge < -0.3 is 5.11 Å². The van der Waals surface area contributed by atoms with Crippen molar-refractivity contribution in [1.29, 1.82) is 0 Å². The van der Waals surface area contributed by atoms with E-state index in [4.69, 9.17) is 5.11 Å². The molecule has 0 bridgehead atoms. The van der Waals surface area contributed by atoms with Crippen molar-refractivity contribution in [3.8, 4) is 0 Å². The third kappa shape index (κ3) is 3.41. The van der Waals surface area contributed by atoms with Gasteiger partial charge in [-0.2, -0.15) is 35.1 Å². The number of halogens is 10. The predicted octanol–water partition coefficient (Wildman–Crippen LogP) is 2.68. The zero-order chi connectivity index (χ0) is 15.9. The lowest BCUT2D eigenvalue weighted by Crippen LogP contribution is -2.65. The van der Waals surface area contributed by atoms with Gasteiger partial charge in [-0.25, -0.2) is 14.1 Å². The molecule has 0 amide bonds. The van der Waals surface area contributed by atoms with Crippen molar-refractivity contribution < 1.29 is 49.0 Å². The largest absolute Gasteiger partial charge is 0.469 e. The lowest BCUT2D eigenvalue weighted by molar-refractivity contribution is -0.326. The monoisotopic (exact) mass is 311 g/mol. The first-order valence-electron chi connectivity index (χ1n) is 4.37. The summed E-state index contributed by atoms with van der Waals surface area (Å²) in [6.45, 7) is 0.0491. The van der Waals surface area contributed by atoms with Crippen LogP contribution in [0.1, 0.15) is 6.92 Å². The van der Waals surface area contributed by atoms with Crippen LogP contribution in [-0.2, 0) is 0 Å². The molecule has 0 fully saturated rings. The summed E-state index contributed by atoms with van der Waals surface area (Å²) in [4.78, 5) is 0. The molecule has 0 saturated heterocycles. The molecule has 0 aromatic heterocycles. The SMILES string of the molecule is CC(O)C(F)(C(F)NC(F)(F)C(F)(F)F)C(F)(F)F. The molecule has 116 valence electrons. The van der Waals surface area contributed by atoms with Crippen LogP contribution in [0, 0.1) is 0 Å². The molecule has 0 aliphatic carbocycles. The predicted molar refractivity (Wildman–Crippen MR) is 40.6 cm³/mol.